The molecule has 1 aliphatic heterocycles. The first-order chi connectivity index (χ1) is 13.7. The van der Waals surface area contributed by atoms with E-state index in [-0.39, 0.29) is 40.3 Å². The molecular weight excluding hydrogens is 408 g/mol. The molecule has 174 valence electrons. The zero-order valence-corrected chi connectivity index (χ0v) is 23.3. The first-order valence-electron chi connectivity index (χ1n) is 11.9. The summed E-state index contributed by atoms with van der Waals surface area (Å²) in [5.74, 6) is 1.31. The lowest BCUT2D eigenvalue weighted by molar-refractivity contribution is -0.120. The Hall–Kier alpha value is -0.276. The summed E-state index contributed by atoms with van der Waals surface area (Å²) in [7, 11) is -2.95. The van der Waals surface area contributed by atoms with Crippen LogP contribution in [0.1, 0.15) is 74.7 Å². The average molecular weight is 455 g/mol. The van der Waals surface area contributed by atoms with Gasteiger partial charge in [-0.2, -0.15) is 0 Å². The van der Waals surface area contributed by atoms with Crippen LogP contribution in [0.3, 0.4) is 0 Å². The molecule has 30 heavy (non-hydrogen) atoms. The summed E-state index contributed by atoms with van der Waals surface area (Å²) in [4.78, 5) is 12.5. The number of fused-ring (bicyclic) bond motifs is 1. The molecule has 6 atom stereocenters. The maximum absolute atomic E-state index is 12.5. The zero-order valence-electron chi connectivity index (χ0n) is 21.0. The highest BCUT2D eigenvalue weighted by molar-refractivity contribution is 6.55. The minimum atomic E-state index is -1.48. The van der Waals surface area contributed by atoms with E-state index in [0.717, 1.165) is 12.8 Å². The molecule has 0 aromatic rings. The second-order valence-electron chi connectivity index (χ2n) is 11.9. The van der Waals surface area contributed by atoms with Crippen molar-refractivity contribution in [1.29, 1.82) is 0 Å². The fourth-order valence-electron chi connectivity index (χ4n) is 3.59. The molecule has 1 saturated heterocycles. The Labute approximate surface area is 188 Å². The molecule has 0 aromatic heterocycles. The minimum absolute atomic E-state index is 0.0238. The highest BCUT2D eigenvalue weighted by Gasteiger charge is 2.47. The molecule has 1 aliphatic carbocycles. The lowest BCUT2D eigenvalue weighted by atomic mass is 9.86. The van der Waals surface area contributed by atoms with Crippen LogP contribution in [-0.4, -0.2) is 42.4 Å². The molecule has 4 nitrogen and oxygen atoms in total. The summed E-state index contributed by atoms with van der Waals surface area (Å²) in [5.41, 5.74) is 0. The summed E-state index contributed by atoms with van der Waals surface area (Å²) < 4.78 is 19.3. The topological polar surface area (TPSA) is 48.1 Å². The fourth-order valence-corrected chi connectivity index (χ4v) is 5.87. The predicted molar refractivity (Wildman–Crippen MR) is 130 cm³/mol. The van der Waals surface area contributed by atoms with Crippen LogP contribution in [0.25, 0.3) is 0 Å². The van der Waals surface area contributed by atoms with E-state index in [1.54, 1.807) is 0 Å². The first-order valence-corrected chi connectivity index (χ1v) is 16.3. The van der Waals surface area contributed by atoms with E-state index in [0.29, 0.717) is 18.3 Å². The maximum atomic E-state index is 12.5. The number of carbonyl (C=O) groups is 1. The maximum Gasteiger partial charge on any atom is 0.182 e. The van der Waals surface area contributed by atoms with Gasteiger partial charge >= 0.3 is 0 Å². The molecule has 2 aliphatic rings. The Balaban J connectivity index is 2.30. The van der Waals surface area contributed by atoms with Crippen LogP contribution in [0.4, 0.5) is 0 Å². The van der Waals surface area contributed by atoms with Gasteiger partial charge in [0.25, 0.3) is 0 Å². The predicted octanol–water partition coefficient (Wildman–Crippen LogP) is 5.62. The molecule has 1 heterocycles. The highest BCUT2D eigenvalue weighted by Crippen LogP contribution is 2.38. The van der Waals surface area contributed by atoms with Gasteiger partial charge in [-0.05, 0) is 47.8 Å². The van der Waals surface area contributed by atoms with Gasteiger partial charge in [-0.15, -0.1) is 0 Å². The Bertz CT molecular complexity index is 583. The zero-order chi connectivity index (χ0) is 22.9. The third kappa shape index (κ3) is 7.40. The first kappa shape index (κ1) is 26.0. The van der Waals surface area contributed by atoms with Crippen LogP contribution in [0.2, 0.25) is 23.2 Å². The van der Waals surface area contributed by atoms with Crippen LogP contribution in [0.5, 0.6) is 0 Å². The number of ether oxygens (including phenoxy) is 1. The van der Waals surface area contributed by atoms with Gasteiger partial charge in [0.2, 0.25) is 0 Å². The number of ketones is 1. The fraction of sp³-hybridized carbons (Fsp3) is 0.875. The lowest BCUT2D eigenvalue weighted by Crippen LogP contribution is -2.41. The van der Waals surface area contributed by atoms with E-state index in [1.165, 1.54) is 0 Å². The van der Waals surface area contributed by atoms with Crippen molar-refractivity contribution in [3.8, 4) is 0 Å². The standard InChI is InChI=1S/C24H46O4Si2/c1-16(2)17-11-12-18(15-20-21(26-20)19(25)14-13-17)22(27-29(9)23(3,4)5)28-30(10)24(6,7)8/h11-12,16-18,20-22,29-30H,13-15H2,1-10H3. The van der Waals surface area contributed by atoms with Crippen molar-refractivity contribution in [2.24, 2.45) is 17.8 Å². The molecule has 0 radical (unpaired) electrons. The van der Waals surface area contributed by atoms with Crippen molar-refractivity contribution in [2.75, 3.05) is 0 Å². The summed E-state index contributed by atoms with van der Waals surface area (Å²) in [5, 5.41) is 0.339. The van der Waals surface area contributed by atoms with Gasteiger partial charge in [0.05, 0.1) is 6.10 Å². The van der Waals surface area contributed by atoms with Crippen molar-refractivity contribution >= 4 is 23.9 Å². The molecule has 0 bridgehead atoms. The van der Waals surface area contributed by atoms with E-state index < -0.39 is 18.1 Å². The average Bonchev–Trinajstić information content (AvgIpc) is 3.37. The number of epoxide rings is 1. The van der Waals surface area contributed by atoms with Gasteiger partial charge in [0.1, 0.15) is 12.4 Å². The normalized spacial score (nSPS) is 31.2. The molecular formula is C24H46O4Si2. The minimum Gasteiger partial charge on any atom is -0.396 e. The van der Waals surface area contributed by atoms with Gasteiger partial charge in [0.15, 0.2) is 23.9 Å². The number of hydrogen-bond acceptors (Lipinski definition) is 4. The monoisotopic (exact) mass is 454 g/mol. The number of carbonyl (C=O) groups excluding carboxylic acids is 1. The number of Topliss-reactive ketones (excluding diaryl/α,β-unsaturated/α-hetero) is 1. The molecule has 0 N–H and O–H groups in total. The van der Waals surface area contributed by atoms with Crippen molar-refractivity contribution in [3.05, 3.63) is 12.2 Å². The summed E-state index contributed by atoms with van der Waals surface area (Å²) in [6.07, 6.45) is 6.57. The van der Waals surface area contributed by atoms with Crippen LogP contribution in [0.15, 0.2) is 12.2 Å². The van der Waals surface area contributed by atoms with Crippen molar-refractivity contribution in [1.82, 2.24) is 0 Å². The largest absolute Gasteiger partial charge is 0.396 e. The van der Waals surface area contributed by atoms with Crippen LogP contribution < -0.4 is 0 Å². The Morgan fingerprint density at radius 2 is 1.47 bits per heavy atom. The van der Waals surface area contributed by atoms with E-state index >= 15 is 0 Å². The van der Waals surface area contributed by atoms with Crippen molar-refractivity contribution in [2.45, 2.75) is 116 Å². The summed E-state index contributed by atoms with van der Waals surface area (Å²) in [6, 6.07) is 0. The highest BCUT2D eigenvalue weighted by atomic mass is 28.3. The summed E-state index contributed by atoms with van der Waals surface area (Å²) in [6.45, 7) is 22.6. The molecule has 2 rings (SSSR count). The van der Waals surface area contributed by atoms with Gasteiger partial charge in [-0.1, -0.05) is 67.5 Å². The molecule has 0 saturated carbocycles. The molecule has 0 aromatic carbocycles. The SMILES string of the molecule is CC(C)C1C=CC(C(O[SiH](C)C(C)(C)C)O[SiH](C)C(C)(C)C)CC2OC2C(=O)CC1. The number of allylic oxidation sites excluding steroid dienone is 1. The Kier molecular flexibility index (Phi) is 8.76. The molecule has 6 unspecified atom stereocenters. The third-order valence-corrected chi connectivity index (χ3v) is 13.3. The van der Waals surface area contributed by atoms with Crippen LogP contribution in [0, 0.1) is 17.8 Å². The second kappa shape index (κ2) is 10.1. The van der Waals surface area contributed by atoms with Crippen molar-refractivity contribution in [3.63, 3.8) is 0 Å². The molecule has 6 heteroatoms. The molecule has 0 amide bonds. The van der Waals surface area contributed by atoms with Gasteiger partial charge in [-0.25, -0.2) is 0 Å². The molecule has 1 fully saturated rings. The lowest BCUT2D eigenvalue weighted by Gasteiger charge is -2.37. The van der Waals surface area contributed by atoms with E-state index in [2.05, 4.69) is 80.6 Å². The van der Waals surface area contributed by atoms with E-state index in [4.69, 9.17) is 13.6 Å². The van der Waals surface area contributed by atoms with Gasteiger partial charge < -0.3 is 13.6 Å². The van der Waals surface area contributed by atoms with Crippen molar-refractivity contribution < 1.29 is 18.4 Å². The van der Waals surface area contributed by atoms with E-state index in [9.17, 15) is 4.79 Å². The van der Waals surface area contributed by atoms with Gasteiger partial charge in [0, 0.05) is 12.3 Å². The van der Waals surface area contributed by atoms with Gasteiger partial charge in [-0.3, -0.25) is 4.79 Å². The van der Waals surface area contributed by atoms with Crippen LogP contribution >= 0.6 is 0 Å². The summed E-state index contributed by atoms with van der Waals surface area (Å²) >= 11 is 0. The van der Waals surface area contributed by atoms with E-state index in [1.807, 2.05) is 0 Å². The molecule has 0 spiro atoms. The Morgan fingerprint density at radius 3 is 1.93 bits per heavy atom. The van der Waals surface area contributed by atoms with Crippen LogP contribution in [-0.2, 0) is 18.4 Å². The number of hydrogen-bond donors (Lipinski definition) is 0. The Morgan fingerprint density at radius 1 is 0.967 bits per heavy atom. The second-order valence-corrected chi connectivity index (χ2v) is 18.5. The quantitative estimate of drug-likeness (QED) is 0.226. The third-order valence-electron chi connectivity index (χ3n) is 7.06. The number of rotatable bonds is 6. The smallest absolute Gasteiger partial charge is 0.182 e.